The fourth-order valence-electron chi connectivity index (χ4n) is 5.43. The molecule has 0 saturated carbocycles. The Morgan fingerprint density at radius 3 is 1.07 bits per heavy atom. The van der Waals surface area contributed by atoms with Gasteiger partial charge in [-0.3, -0.25) is 0 Å². The standard InChI is InChI=1S/C24H38O4/c1-3-5-7-17-19-9-23(13-25,14-26)11-21(19)18(8-6-4-2)22-12-24(15-27,16-28)10-20(17)22/h25-28H,3-16H2,1-2H3. The number of fused-ring (bicyclic) bond motifs is 2. The van der Waals surface area contributed by atoms with Gasteiger partial charge in [0.25, 0.3) is 0 Å². The fourth-order valence-corrected chi connectivity index (χ4v) is 5.43. The van der Waals surface area contributed by atoms with Crippen LogP contribution in [0.3, 0.4) is 0 Å². The molecule has 1 aromatic rings. The molecule has 0 fully saturated rings. The minimum Gasteiger partial charge on any atom is -0.396 e. The van der Waals surface area contributed by atoms with E-state index in [1.54, 1.807) is 0 Å². The summed E-state index contributed by atoms with van der Waals surface area (Å²) in [6.07, 6.45) is 9.46. The van der Waals surface area contributed by atoms with Crippen LogP contribution >= 0.6 is 0 Å². The first kappa shape index (κ1) is 21.8. The zero-order chi connectivity index (χ0) is 20.4. The molecule has 0 bridgehead atoms. The number of benzene rings is 1. The van der Waals surface area contributed by atoms with E-state index in [0.717, 1.165) is 64.2 Å². The summed E-state index contributed by atoms with van der Waals surface area (Å²) in [5, 5.41) is 40.3. The topological polar surface area (TPSA) is 80.9 Å². The largest absolute Gasteiger partial charge is 0.396 e. The number of hydrogen-bond acceptors (Lipinski definition) is 4. The molecule has 4 N–H and O–H groups in total. The maximum absolute atomic E-state index is 10.1. The van der Waals surface area contributed by atoms with Gasteiger partial charge in [-0.2, -0.15) is 0 Å². The van der Waals surface area contributed by atoms with Crippen molar-refractivity contribution in [3.8, 4) is 0 Å². The first-order valence-corrected chi connectivity index (χ1v) is 11.1. The van der Waals surface area contributed by atoms with Crippen LogP contribution in [0.15, 0.2) is 0 Å². The van der Waals surface area contributed by atoms with Gasteiger partial charge in [-0.05, 0) is 84.7 Å². The molecule has 4 nitrogen and oxygen atoms in total. The molecule has 0 saturated heterocycles. The Hall–Kier alpha value is -0.940. The molecule has 3 rings (SSSR count). The lowest BCUT2D eigenvalue weighted by atomic mass is 9.84. The normalized spacial score (nSPS) is 19.1. The zero-order valence-corrected chi connectivity index (χ0v) is 17.7. The lowest BCUT2D eigenvalue weighted by Crippen LogP contribution is -2.31. The summed E-state index contributed by atoms with van der Waals surface area (Å²) in [7, 11) is 0. The third-order valence-corrected chi connectivity index (χ3v) is 7.30. The number of unbranched alkanes of at least 4 members (excludes halogenated alkanes) is 2. The Bertz CT molecular complexity index is 586. The van der Waals surface area contributed by atoms with E-state index in [1.165, 1.54) is 33.4 Å². The minimum atomic E-state index is -0.440. The Balaban J connectivity index is 2.17. The van der Waals surface area contributed by atoms with Crippen LogP contribution in [-0.4, -0.2) is 46.9 Å². The van der Waals surface area contributed by atoms with E-state index < -0.39 is 10.8 Å². The van der Waals surface area contributed by atoms with Crippen LogP contribution in [0, 0.1) is 10.8 Å². The Labute approximate surface area is 169 Å². The molecule has 0 heterocycles. The smallest absolute Gasteiger partial charge is 0.0515 e. The lowest BCUT2D eigenvalue weighted by Gasteiger charge is -2.24. The molecular weight excluding hydrogens is 352 g/mol. The van der Waals surface area contributed by atoms with Crippen molar-refractivity contribution in [1.82, 2.24) is 0 Å². The molecule has 2 aliphatic carbocycles. The summed E-state index contributed by atoms with van der Waals surface area (Å²) in [4.78, 5) is 0. The number of aliphatic hydroxyl groups excluding tert-OH is 4. The average molecular weight is 391 g/mol. The Kier molecular flexibility index (Phi) is 6.86. The summed E-state index contributed by atoms with van der Waals surface area (Å²) >= 11 is 0. The van der Waals surface area contributed by atoms with Gasteiger partial charge in [0.05, 0.1) is 26.4 Å². The predicted octanol–water partition coefficient (Wildman–Crippen LogP) is 2.51. The summed E-state index contributed by atoms with van der Waals surface area (Å²) in [6.45, 7) is 4.46. The van der Waals surface area contributed by atoms with Gasteiger partial charge in [-0.1, -0.05) is 26.7 Å². The molecule has 0 aliphatic heterocycles. The summed E-state index contributed by atoms with van der Waals surface area (Å²) in [5.41, 5.74) is 7.32. The second-order valence-corrected chi connectivity index (χ2v) is 9.42. The van der Waals surface area contributed by atoms with E-state index in [1.807, 2.05) is 0 Å². The third-order valence-electron chi connectivity index (χ3n) is 7.30. The maximum atomic E-state index is 10.1. The first-order valence-electron chi connectivity index (χ1n) is 11.1. The lowest BCUT2D eigenvalue weighted by molar-refractivity contribution is 0.0620. The number of aliphatic hydroxyl groups is 4. The van der Waals surface area contributed by atoms with Crippen molar-refractivity contribution >= 4 is 0 Å². The number of hydrogen-bond donors (Lipinski definition) is 4. The van der Waals surface area contributed by atoms with Gasteiger partial charge in [0.15, 0.2) is 0 Å². The van der Waals surface area contributed by atoms with Gasteiger partial charge in [0.1, 0.15) is 0 Å². The second-order valence-electron chi connectivity index (χ2n) is 9.42. The highest BCUT2D eigenvalue weighted by Gasteiger charge is 2.44. The van der Waals surface area contributed by atoms with Crippen LogP contribution in [0.4, 0.5) is 0 Å². The van der Waals surface area contributed by atoms with Crippen LogP contribution in [0.25, 0.3) is 0 Å². The summed E-state index contributed by atoms with van der Waals surface area (Å²) < 4.78 is 0. The van der Waals surface area contributed by atoms with Gasteiger partial charge in [-0.15, -0.1) is 0 Å². The predicted molar refractivity (Wildman–Crippen MR) is 112 cm³/mol. The van der Waals surface area contributed by atoms with Crippen LogP contribution in [0.2, 0.25) is 0 Å². The number of rotatable bonds is 10. The van der Waals surface area contributed by atoms with Crippen molar-refractivity contribution in [2.45, 2.75) is 78.1 Å². The van der Waals surface area contributed by atoms with Gasteiger partial charge in [0, 0.05) is 10.8 Å². The Morgan fingerprint density at radius 1 is 0.571 bits per heavy atom. The molecule has 0 spiro atoms. The van der Waals surface area contributed by atoms with Crippen molar-refractivity contribution in [2.75, 3.05) is 26.4 Å². The first-order chi connectivity index (χ1) is 13.5. The van der Waals surface area contributed by atoms with Crippen LogP contribution in [0.1, 0.15) is 72.9 Å². The molecule has 0 radical (unpaired) electrons. The van der Waals surface area contributed by atoms with E-state index in [2.05, 4.69) is 13.8 Å². The van der Waals surface area contributed by atoms with Crippen molar-refractivity contribution in [3.05, 3.63) is 33.4 Å². The molecular formula is C24H38O4. The highest BCUT2D eigenvalue weighted by molar-refractivity contribution is 5.58. The molecule has 4 heteroatoms. The molecule has 0 atom stereocenters. The monoisotopic (exact) mass is 390 g/mol. The molecule has 1 aromatic carbocycles. The van der Waals surface area contributed by atoms with E-state index in [0.29, 0.717) is 0 Å². The molecule has 28 heavy (non-hydrogen) atoms. The van der Waals surface area contributed by atoms with Gasteiger partial charge >= 0.3 is 0 Å². The second kappa shape index (κ2) is 8.83. The highest BCUT2D eigenvalue weighted by Crippen LogP contribution is 2.49. The molecule has 0 unspecified atom stereocenters. The third kappa shape index (κ3) is 3.65. The minimum absolute atomic E-state index is 0.0144. The molecule has 0 aromatic heterocycles. The highest BCUT2D eigenvalue weighted by atomic mass is 16.3. The van der Waals surface area contributed by atoms with Crippen molar-refractivity contribution < 1.29 is 20.4 Å². The summed E-state index contributed by atoms with van der Waals surface area (Å²) in [5.74, 6) is 0. The zero-order valence-electron chi connectivity index (χ0n) is 17.7. The van der Waals surface area contributed by atoms with Crippen molar-refractivity contribution in [2.24, 2.45) is 10.8 Å². The summed E-state index contributed by atoms with van der Waals surface area (Å²) in [6, 6.07) is 0. The van der Waals surface area contributed by atoms with Crippen molar-refractivity contribution in [3.63, 3.8) is 0 Å². The van der Waals surface area contributed by atoms with Gasteiger partial charge in [0.2, 0.25) is 0 Å². The average Bonchev–Trinajstić information content (AvgIpc) is 3.30. The van der Waals surface area contributed by atoms with Crippen LogP contribution in [0.5, 0.6) is 0 Å². The fraction of sp³-hybridized carbons (Fsp3) is 0.750. The van der Waals surface area contributed by atoms with E-state index >= 15 is 0 Å². The van der Waals surface area contributed by atoms with Crippen LogP contribution in [-0.2, 0) is 38.5 Å². The van der Waals surface area contributed by atoms with Crippen LogP contribution < -0.4 is 0 Å². The van der Waals surface area contributed by atoms with Gasteiger partial charge < -0.3 is 20.4 Å². The molecule has 0 amide bonds. The molecule has 2 aliphatic rings. The molecule has 158 valence electrons. The SMILES string of the molecule is CCCCc1c2c(c(CCCC)c3c1CC(CO)(CO)C3)CC(CO)(CO)C2. The van der Waals surface area contributed by atoms with E-state index in [9.17, 15) is 20.4 Å². The van der Waals surface area contributed by atoms with E-state index in [4.69, 9.17) is 0 Å². The quantitative estimate of drug-likeness (QED) is 0.495. The Morgan fingerprint density at radius 2 is 0.857 bits per heavy atom. The van der Waals surface area contributed by atoms with E-state index in [-0.39, 0.29) is 26.4 Å². The maximum Gasteiger partial charge on any atom is 0.0515 e. The van der Waals surface area contributed by atoms with Gasteiger partial charge in [-0.25, -0.2) is 0 Å². The van der Waals surface area contributed by atoms with Crippen molar-refractivity contribution in [1.29, 1.82) is 0 Å².